The van der Waals surface area contributed by atoms with Gasteiger partial charge in [0.05, 0.1) is 18.5 Å². The van der Waals surface area contributed by atoms with Crippen LogP contribution in [0.1, 0.15) is 49.5 Å². The molecule has 6 nitrogen and oxygen atoms in total. The predicted octanol–water partition coefficient (Wildman–Crippen LogP) is 2.35. The molecule has 0 radical (unpaired) electrons. The Kier molecular flexibility index (Phi) is 4.04. The van der Waals surface area contributed by atoms with Crippen LogP contribution in [-0.4, -0.2) is 46.8 Å². The van der Waals surface area contributed by atoms with Crippen molar-refractivity contribution in [2.45, 2.75) is 51.2 Å². The van der Waals surface area contributed by atoms with Crippen LogP contribution in [0.4, 0.5) is 5.82 Å². The summed E-state index contributed by atoms with van der Waals surface area (Å²) in [6.45, 7) is 2.81. The van der Waals surface area contributed by atoms with Gasteiger partial charge in [-0.2, -0.15) is 0 Å². The Morgan fingerprint density at radius 1 is 1.41 bits per heavy atom. The highest BCUT2D eigenvalue weighted by Crippen LogP contribution is 2.56. The molecule has 2 saturated carbocycles. The first kappa shape index (κ1) is 15.2. The number of aromatic nitrogens is 2. The molecule has 0 aromatic carbocycles. The molecule has 0 aliphatic heterocycles. The van der Waals surface area contributed by atoms with Gasteiger partial charge >= 0.3 is 5.97 Å². The summed E-state index contributed by atoms with van der Waals surface area (Å²) in [5, 5.41) is 8.91. The fourth-order valence-corrected chi connectivity index (χ4v) is 4.17. The lowest BCUT2D eigenvalue weighted by Crippen LogP contribution is -2.63. The Labute approximate surface area is 130 Å². The van der Waals surface area contributed by atoms with Crippen molar-refractivity contribution in [1.82, 2.24) is 9.97 Å². The summed E-state index contributed by atoms with van der Waals surface area (Å²) in [4.78, 5) is 21.3. The molecule has 1 spiro atoms. The molecule has 2 aliphatic rings. The summed E-state index contributed by atoms with van der Waals surface area (Å²) in [5.41, 5.74) is 0.214. The van der Waals surface area contributed by atoms with Crippen molar-refractivity contribution in [3.8, 4) is 0 Å². The van der Waals surface area contributed by atoms with E-state index in [0.717, 1.165) is 18.8 Å². The summed E-state index contributed by atoms with van der Waals surface area (Å²) < 4.78 is 5.94. The number of carboxylic acids is 1. The van der Waals surface area contributed by atoms with Crippen molar-refractivity contribution in [3.63, 3.8) is 0 Å². The zero-order valence-corrected chi connectivity index (χ0v) is 13.2. The van der Waals surface area contributed by atoms with Gasteiger partial charge in [-0.25, -0.2) is 14.8 Å². The van der Waals surface area contributed by atoms with E-state index in [2.05, 4.69) is 21.8 Å². The van der Waals surface area contributed by atoms with Gasteiger partial charge in [-0.3, -0.25) is 0 Å². The predicted molar refractivity (Wildman–Crippen MR) is 82.1 cm³/mol. The van der Waals surface area contributed by atoms with Crippen LogP contribution >= 0.6 is 0 Å². The van der Waals surface area contributed by atoms with E-state index in [4.69, 9.17) is 9.84 Å². The van der Waals surface area contributed by atoms with Gasteiger partial charge in [0, 0.05) is 25.1 Å². The maximum absolute atomic E-state index is 10.9. The van der Waals surface area contributed by atoms with Crippen molar-refractivity contribution in [3.05, 3.63) is 18.1 Å². The van der Waals surface area contributed by atoms with E-state index in [1.54, 1.807) is 6.20 Å². The number of rotatable bonds is 5. The van der Waals surface area contributed by atoms with Gasteiger partial charge in [-0.15, -0.1) is 0 Å². The summed E-state index contributed by atoms with van der Waals surface area (Å²) in [6.07, 6.45) is 9.16. The highest BCUT2D eigenvalue weighted by Gasteiger charge is 2.58. The molecule has 120 valence electrons. The Hall–Kier alpha value is -1.69. The minimum Gasteiger partial charge on any atom is -0.476 e. The average molecular weight is 305 g/mol. The number of carboxylic acid groups (broad SMARTS) is 1. The molecule has 1 aromatic heterocycles. The van der Waals surface area contributed by atoms with Crippen LogP contribution in [0.5, 0.6) is 0 Å². The normalized spacial score (nSPS) is 25.9. The molecule has 2 atom stereocenters. The number of aromatic carboxylic acids is 1. The minimum atomic E-state index is -1.05. The monoisotopic (exact) mass is 305 g/mol. The van der Waals surface area contributed by atoms with E-state index in [-0.39, 0.29) is 11.1 Å². The van der Waals surface area contributed by atoms with Crippen LogP contribution in [0.15, 0.2) is 12.4 Å². The van der Waals surface area contributed by atoms with E-state index in [9.17, 15) is 4.79 Å². The van der Waals surface area contributed by atoms with E-state index < -0.39 is 5.97 Å². The second kappa shape index (κ2) is 5.83. The Bertz CT molecular complexity index is 540. The van der Waals surface area contributed by atoms with Gasteiger partial charge in [0.25, 0.3) is 0 Å². The molecule has 1 heterocycles. The second-order valence-electron chi connectivity index (χ2n) is 6.31. The molecule has 22 heavy (non-hydrogen) atoms. The maximum Gasteiger partial charge on any atom is 0.356 e. The Balaban J connectivity index is 1.77. The molecule has 3 rings (SSSR count). The van der Waals surface area contributed by atoms with Gasteiger partial charge in [-0.05, 0) is 26.2 Å². The first-order valence-corrected chi connectivity index (χ1v) is 7.98. The third-order valence-corrected chi connectivity index (χ3v) is 5.33. The van der Waals surface area contributed by atoms with E-state index in [1.807, 2.05) is 7.05 Å². The molecule has 1 aromatic rings. The maximum atomic E-state index is 10.9. The molecule has 0 saturated heterocycles. The smallest absolute Gasteiger partial charge is 0.356 e. The first-order valence-electron chi connectivity index (χ1n) is 7.98. The summed E-state index contributed by atoms with van der Waals surface area (Å²) >= 11 is 0. The lowest BCUT2D eigenvalue weighted by Gasteiger charge is -2.57. The summed E-state index contributed by atoms with van der Waals surface area (Å²) in [7, 11) is 2.03. The topological polar surface area (TPSA) is 75.5 Å². The number of hydrogen-bond donors (Lipinski definition) is 1. The van der Waals surface area contributed by atoms with Gasteiger partial charge in [0.2, 0.25) is 0 Å². The lowest BCUT2D eigenvalue weighted by atomic mass is 9.60. The number of carbonyl (C=O) groups is 1. The molecular formula is C16H23N3O3. The standard InChI is InChI=1S/C16H23N3O3/c1-3-22-13-8-12(16(13)6-4-5-7-16)19(2)14-10-17-11(9-18-14)15(20)21/h9-10,12-13H,3-8H2,1-2H3,(H,20,21). The molecule has 1 N–H and O–H groups in total. The van der Waals surface area contributed by atoms with Crippen LogP contribution < -0.4 is 4.90 Å². The number of nitrogens with zero attached hydrogens (tertiary/aromatic N) is 3. The molecule has 2 aliphatic carbocycles. The van der Waals surface area contributed by atoms with Crippen molar-refractivity contribution in [2.75, 3.05) is 18.6 Å². The highest BCUT2D eigenvalue weighted by molar-refractivity contribution is 5.84. The fraction of sp³-hybridized carbons (Fsp3) is 0.688. The quantitative estimate of drug-likeness (QED) is 0.900. The second-order valence-corrected chi connectivity index (χ2v) is 6.31. The molecule has 6 heteroatoms. The number of hydrogen-bond acceptors (Lipinski definition) is 5. The summed E-state index contributed by atoms with van der Waals surface area (Å²) in [5.74, 6) is -0.315. The molecule has 0 bridgehead atoms. The van der Waals surface area contributed by atoms with E-state index in [0.29, 0.717) is 12.1 Å². The Morgan fingerprint density at radius 2 is 2.14 bits per heavy atom. The van der Waals surface area contributed by atoms with Crippen LogP contribution in [0.25, 0.3) is 0 Å². The fourth-order valence-electron chi connectivity index (χ4n) is 4.17. The van der Waals surface area contributed by atoms with Crippen molar-refractivity contribution < 1.29 is 14.6 Å². The van der Waals surface area contributed by atoms with E-state index in [1.165, 1.54) is 31.9 Å². The van der Waals surface area contributed by atoms with Crippen molar-refractivity contribution in [2.24, 2.45) is 5.41 Å². The van der Waals surface area contributed by atoms with Gasteiger partial charge in [0.15, 0.2) is 5.69 Å². The molecular weight excluding hydrogens is 282 g/mol. The van der Waals surface area contributed by atoms with Gasteiger partial charge in [-0.1, -0.05) is 12.8 Å². The van der Waals surface area contributed by atoms with Crippen LogP contribution in [0.2, 0.25) is 0 Å². The largest absolute Gasteiger partial charge is 0.476 e. The zero-order valence-electron chi connectivity index (χ0n) is 13.2. The summed E-state index contributed by atoms with van der Waals surface area (Å²) in [6, 6.07) is 0.400. The number of anilines is 1. The van der Waals surface area contributed by atoms with Crippen LogP contribution in [0.3, 0.4) is 0 Å². The van der Waals surface area contributed by atoms with Crippen molar-refractivity contribution in [1.29, 1.82) is 0 Å². The third kappa shape index (κ3) is 2.35. The first-order chi connectivity index (χ1) is 10.6. The van der Waals surface area contributed by atoms with Crippen molar-refractivity contribution >= 4 is 11.8 Å². The Morgan fingerprint density at radius 3 is 2.68 bits per heavy atom. The van der Waals surface area contributed by atoms with Gasteiger partial charge in [0.1, 0.15) is 5.82 Å². The third-order valence-electron chi connectivity index (χ3n) is 5.33. The van der Waals surface area contributed by atoms with Crippen LogP contribution in [-0.2, 0) is 4.74 Å². The molecule has 0 amide bonds. The average Bonchev–Trinajstić information content (AvgIpc) is 3.03. The minimum absolute atomic E-state index is 0.0199. The number of ether oxygens (including phenoxy) is 1. The van der Waals surface area contributed by atoms with E-state index >= 15 is 0 Å². The van der Waals surface area contributed by atoms with Gasteiger partial charge < -0.3 is 14.7 Å². The highest BCUT2D eigenvalue weighted by atomic mass is 16.5. The van der Waals surface area contributed by atoms with Crippen LogP contribution in [0, 0.1) is 5.41 Å². The zero-order chi connectivity index (χ0) is 15.7. The molecule has 2 unspecified atom stereocenters. The molecule has 2 fully saturated rings. The SMILES string of the molecule is CCOC1CC(N(C)c2cnc(C(=O)O)cn2)C12CCCC2. The lowest BCUT2D eigenvalue weighted by molar-refractivity contribution is -0.121.